The number of carbonyl (C=O) groups excluding carboxylic acids is 3. The predicted molar refractivity (Wildman–Crippen MR) is 147 cm³/mol. The van der Waals surface area contributed by atoms with Crippen molar-refractivity contribution in [3.63, 3.8) is 0 Å². The summed E-state index contributed by atoms with van der Waals surface area (Å²) in [5, 5.41) is 1.87. The molecule has 1 aromatic heterocycles. The number of benzene rings is 2. The van der Waals surface area contributed by atoms with Gasteiger partial charge < -0.3 is 9.80 Å². The molecule has 0 spiro atoms. The van der Waals surface area contributed by atoms with Gasteiger partial charge in [-0.05, 0) is 79.8 Å². The van der Waals surface area contributed by atoms with E-state index in [0.29, 0.717) is 27.8 Å². The summed E-state index contributed by atoms with van der Waals surface area (Å²) in [4.78, 5) is 47.5. The Kier molecular flexibility index (Phi) is 7.59. The maximum atomic E-state index is 14.1. The average molecular weight is 569 g/mol. The standard InChI is InChI=1S/C28H29ClN4O5S/c1-19(26(34)31-13-3-2-4-14-31)32-15-11-25(28(32)36)33(27(35)22-6-5-12-30-18-22)39(37,38)24-10-8-20-16-23(29)9-7-21(20)17-24/h5-10,12,16-19,25H,2-4,11,13-15H2,1H3/t19-,25+/m0/s1. The van der Waals surface area contributed by atoms with E-state index in [1.807, 2.05) is 0 Å². The minimum atomic E-state index is -4.48. The Bertz CT molecular complexity index is 1530. The summed E-state index contributed by atoms with van der Waals surface area (Å²) in [6.07, 6.45) is 5.71. The van der Waals surface area contributed by atoms with E-state index < -0.39 is 33.9 Å². The summed E-state index contributed by atoms with van der Waals surface area (Å²) < 4.78 is 28.8. The first-order valence-corrected chi connectivity index (χ1v) is 14.8. The van der Waals surface area contributed by atoms with E-state index in [1.165, 1.54) is 41.6 Å². The lowest BCUT2D eigenvalue weighted by Gasteiger charge is -2.33. The van der Waals surface area contributed by atoms with E-state index in [2.05, 4.69) is 4.98 Å². The molecule has 0 saturated carbocycles. The second-order valence-corrected chi connectivity index (χ2v) is 12.2. The van der Waals surface area contributed by atoms with E-state index in [-0.39, 0.29) is 29.3 Å². The van der Waals surface area contributed by atoms with Crippen LogP contribution in [0.2, 0.25) is 5.02 Å². The lowest BCUT2D eigenvalue weighted by Crippen LogP contribution is -2.53. The van der Waals surface area contributed by atoms with Crippen molar-refractivity contribution in [1.29, 1.82) is 0 Å². The number of likely N-dealkylation sites (tertiary alicyclic amines) is 2. The van der Waals surface area contributed by atoms with Crippen LogP contribution in [-0.4, -0.2) is 76.9 Å². The van der Waals surface area contributed by atoms with Crippen LogP contribution in [0.3, 0.4) is 0 Å². The molecule has 0 unspecified atom stereocenters. The molecule has 0 N–H and O–H groups in total. The second kappa shape index (κ2) is 10.9. The molecular weight excluding hydrogens is 540 g/mol. The molecule has 3 amide bonds. The Hall–Kier alpha value is -3.50. The molecule has 0 aliphatic carbocycles. The van der Waals surface area contributed by atoms with Crippen LogP contribution < -0.4 is 0 Å². The van der Waals surface area contributed by atoms with Gasteiger partial charge >= 0.3 is 0 Å². The molecule has 11 heteroatoms. The largest absolute Gasteiger partial charge is 0.341 e. The normalized spacial score (nSPS) is 18.8. The third-order valence-corrected chi connectivity index (χ3v) is 9.45. The van der Waals surface area contributed by atoms with Crippen molar-refractivity contribution in [2.45, 2.75) is 49.6 Å². The van der Waals surface area contributed by atoms with Gasteiger partial charge in [0.15, 0.2) is 0 Å². The summed E-state index contributed by atoms with van der Waals surface area (Å²) in [5.41, 5.74) is 0.0392. The van der Waals surface area contributed by atoms with Gasteiger partial charge in [0.25, 0.3) is 15.9 Å². The molecule has 2 atom stereocenters. The third kappa shape index (κ3) is 5.23. The van der Waals surface area contributed by atoms with E-state index in [0.717, 1.165) is 24.6 Å². The van der Waals surface area contributed by atoms with Crippen LogP contribution in [0, 0.1) is 0 Å². The number of rotatable bonds is 6. The topological polar surface area (TPSA) is 108 Å². The Morgan fingerprint density at radius 2 is 1.74 bits per heavy atom. The number of carbonyl (C=O) groups is 3. The number of pyridine rings is 1. The highest BCUT2D eigenvalue weighted by atomic mass is 35.5. The van der Waals surface area contributed by atoms with Gasteiger partial charge in [0.05, 0.1) is 10.5 Å². The number of sulfonamides is 1. The minimum Gasteiger partial charge on any atom is -0.341 e. The SMILES string of the molecule is C[C@@H](C(=O)N1CCCCC1)N1CC[C@@H](N(C(=O)c2cccnc2)S(=O)(=O)c2ccc3cc(Cl)ccc3c2)C1=O. The summed E-state index contributed by atoms with van der Waals surface area (Å²) in [6, 6.07) is 10.5. The van der Waals surface area contributed by atoms with Crippen molar-refractivity contribution in [1.82, 2.24) is 19.1 Å². The molecule has 2 aliphatic rings. The zero-order valence-electron chi connectivity index (χ0n) is 21.5. The van der Waals surface area contributed by atoms with E-state index in [4.69, 9.17) is 11.6 Å². The van der Waals surface area contributed by atoms with Gasteiger partial charge in [0.1, 0.15) is 12.1 Å². The van der Waals surface area contributed by atoms with Crippen molar-refractivity contribution >= 4 is 50.1 Å². The Morgan fingerprint density at radius 3 is 2.46 bits per heavy atom. The van der Waals surface area contributed by atoms with Crippen molar-refractivity contribution in [3.05, 3.63) is 71.5 Å². The first kappa shape index (κ1) is 27.1. The molecule has 3 aromatic rings. The summed E-state index contributed by atoms with van der Waals surface area (Å²) in [7, 11) is -4.48. The molecule has 0 bridgehead atoms. The van der Waals surface area contributed by atoms with Gasteiger partial charge in [-0.3, -0.25) is 19.4 Å². The Balaban J connectivity index is 1.50. The quantitative estimate of drug-likeness (QED) is 0.448. The molecule has 2 aliphatic heterocycles. The Morgan fingerprint density at radius 1 is 1.03 bits per heavy atom. The van der Waals surface area contributed by atoms with E-state index >= 15 is 0 Å². The number of piperidine rings is 1. The van der Waals surface area contributed by atoms with Gasteiger partial charge in [0.2, 0.25) is 11.8 Å². The molecule has 0 radical (unpaired) electrons. The van der Waals surface area contributed by atoms with Crippen LogP contribution in [0.5, 0.6) is 0 Å². The fourth-order valence-electron chi connectivity index (χ4n) is 5.30. The molecule has 2 aromatic carbocycles. The van der Waals surface area contributed by atoms with Crippen LogP contribution in [-0.2, 0) is 19.6 Å². The maximum absolute atomic E-state index is 14.1. The van der Waals surface area contributed by atoms with Crippen LogP contribution in [0.1, 0.15) is 43.0 Å². The van der Waals surface area contributed by atoms with Gasteiger partial charge in [-0.2, -0.15) is 0 Å². The van der Waals surface area contributed by atoms with Crippen molar-refractivity contribution in [3.8, 4) is 0 Å². The van der Waals surface area contributed by atoms with Crippen molar-refractivity contribution < 1.29 is 22.8 Å². The molecule has 39 heavy (non-hydrogen) atoms. The van der Waals surface area contributed by atoms with Crippen molar-refractivity contribution in [2.24, 2.45) is 0 Å². The highest BCUT2D eigenvalue weighted by Gasteiger charge is 2.47. The van der Waals surface area contributed by atoms with Crippen molar-refractivity contribution in [2.75, 3.05) is 19.6 Å². The number of hydrogen-bond donors (Lipinski definition) is 0. The maximum Gasteiger partial charge on any atom is 0.269 e. The third-order valence-electron chi connectivity index (χ3n) is 7.43. The molecule has 204 valence electrons. The molecule has 3 heterocycles. The minimum absolute atomic E-state index is 0.0392. The number of aromatic nitrogens is 1. The Labute approximate surface area is 232 Å². The van der Waals surface area contributed by atoms with E-state index in [1.54, 1.807) is 36.1 Å². The lowest BCUT2D eigenvalue weighted by atomic mass is 10.1. The van der Waals surface area contributed by atoms with Crippen LogP contribution in [0.25, 0.3) is 10.8 Å². The zero-order valence-corrected chi connectivity index (χ0v) is 23.1. The number of hydrogen-bond acceptors (Lipinski definition) is 6. The fraction of sp³-hybridized carbons (Fsp3) is 0.357. The summed E-state index contributed by atoms with van der Waals surface area (Å²) in [5.74, 6) is -1.58. The fourth-order valence-corrected chi connectivity index (χ4v) is 7.08. The molecule has 9 nitrogen and oxygen atoms in total. The average Bonchev–Trinajstić information content (AvgIpc) is 3.33. The number of halogens is 1. The monoisotopic (exact) mass is 568 g/mol. The number of fused-ring (bicyclic) bond motifs is 1. The highest BCUT2D eigenvalue weighted by molar-refractivity contribution is 7.89. The highest BCUT2D eigenvalue weighted by Crippen LogP contribution is 2.30. The van der Waals surface area contributed by atoms with E-state index in [9.17, 15) is 22.8 Å². The lowest BCUT2D eigenvalue weighted by molar-refractivity contribution is -0.144. The first-order valence-electron chi connectivity index (χ1n) is 13.0. The zero-order chi connectivity index (χ0) is 27.7. The molecule has 2 saturated heterocycles. The summed E-state index contributed by atoms with van der Waals surface area (Å²) >= 11 is 6.08. The molecule has 2 fully saturated rings. The van der Waals surface area contributed by atoms with Gasteiger partial charge in [-0.15, -0.1) is 0 Å². The first-order chi connectivity index (χ1) is 18.7. The van der Waals surface area contributed by atoms with Crippen LogP contribution >= 0.6 is 11.6 Å². The van der Waals surface area contributed by atoms with Gasteiger partial charge in [-0.25, -0.2) is 12.7 Å². The number of amides is 3. The second-order valence-electron chi connectivity index (χ2n) is 9.90. The van der Waals surface area contributed by atoms with Crippen LogP contribution in [0.15, 0.2) is 65.8 Å². The van der Waals surface area contributed by atoms with Gasteiger partial charge in [-0.1, -0.05) is 23.7 Å². The molecular formula is C28H29ClN4O5S. The predicted octanol–water partition coefficient (Wildman–Crippen LogP) is 3.72. The summed E-state index contributed by atoms with van der Waals surface area (Å²) in [6.45, 7) is 3.10. The van der Waals surface area contributed by atoms with Gasteiger partial charge in [0, 0.05) is 37.1 Å². The smallest absolute Gasteiger partial charge is 0.269 e. The number of nitrogens with zero attached hydrogens (tertiary/aromatic N) is 4. The van der Waals surface area contributed by atoms with Crippen LogP contribution in [0.4, 0.5) is 0 Å². The molecule has 5 rings (SSSR count).